The van der Waals surface area contributed by atoms with Gasteiger partial charge < -0.3 is 11.1 Å². The fraction of sp³-hybridized carbons (Fsp3) is 0.500. The fourth-order valence-electron chi connectivity index (χ4n) is 1.42. The van der Waals surface area contributed by atoms with Gasteiger partial charge in [0.1, 0.15) is 0 Å². The van der Waals surface area contributed by atoms with Gasteiger partial charge in [0.15, 0.2) is 0 Å². The molecule has 1 rings (SSSR count). The van der Waals surface area contributed by atoms with Crippen molar-refractivity contribution in [2.24, 2.45) is 0 Å². The molecular weight excluding hydrogens is 250 g/mol. The molecule has 18 heavy (non-hydrogen) atoms. The molecule has 0 aromatic heterocycles. The van der Waals surface area contributed by atoms with E-state index < -0.39 is 10.0 Å². The minimum Gasteiger partial charge on any atom is -0.399 e. The topological polar surface area (TPSA) is 84.2 Å². The van der Waals surface area contributed by atoms with E-state index in [1.807, 2.05) is 0 Å². The Labute approximate surface area is 109 Å². The van der Waals surface area contributed by atoms with Crippen LogP contribution in [0.4, 0.5) is 5.69 Å². The molecule has 0 aliphatic carbocycles. The van der Waals surface area contributed by atoms with Crippen LogP contribution in [0.2, 0.25) is 0 Å². The van der Waals surface area contributed by atoms with Gasteiger partial charge in [-0.25, -0.2) is 13.1 Å². The Bertz CT molecular complexity index is 455. The Morgan fingerprint density at radius 1 is 1.17 bits per heavy atom. The van der Waals surface area contributed by atoms with Gasteiger partial charge in [-0.15, -0.1) is 0 Å². The Morgan fingerprint density at radius 2 is 1.78 bits per heavy atom. The van der Waals surface area contributed by atoms with E-state index in [1.54, 1.807) is 12.1 Å². The molecule has 5 nitrogen and oxygen atoms in total. The van der Waals surface area contributed by atoms with E-state index in [1.165, 1.54) is 12.1 Å². The van der Waals surface area contributed by atoms with Crippen LogP contribution in [0.15, 0.2) is 29.2 Å². The maximum absolute atomic E-state index is 11.9. The highest BCUT2D eigenvalue weighted by Crippen LogP contribution is 2.10. The lowest BCUT2D eigenvalue weighted by Crippen LogP contribution is -2.29. The average molecular weight is 271 g/mol. The number of rotatable bonds is 7. The van der Waals surface area contributed by atoms with Crippen molar-refractivity contribution in [1.82, 2.24) is 10.0 Å². The highest BCUT2D eigenvalue weighted by molar-refractivity contribution is 7.89. The second-order valence-electron chi connectivity index (χ2n) is 4.43. The van der Waals surface area contributed by atoms with Gasteiger partial charge in [0.25, 0.3) is 0 Å². The first-order valence-electron chi connectivity index (χ1n) is 6.00. The van der Waals surface area contributed by atoms with Gasteiger partial charge in [0.2, 0.25) is 10.0 Å². The van der Waals surface area contributed by atoms with E-state index in [9.17, 15) is 8.42 Å². The molecule has 0 atom stereocenters. The molecular formula is C12H21N3O2S. The first kappa shape index (κ1) is 14.9. The van der Waals surface area contributed by atoms with Gasteiger partial charge in [-0.05, 0) is 37.2 Å². The zero-order valence-corrected chi connectivity index (χ0v) is 11.6. The summed E-state index contributed by atoms with van der Waals surface area (Å²) < 4.78 is 26.3. The summed E-state index contributed by atoms with van der Waals surface area (Å²) >= 11 is 0. The average Bonchev–Trinajstić information content (AvgIpc) is 2.28. The molecule has 0 fully saturated rings. The van der Waals surface area contributed by atoms with Crippen molar-refractivity contribution in [2.45, 2.75) is 31.2 Å². The second-order valence-corrected chi connectivity index (χ2v) is 6.20. The van der Waals surface area contributed by atoms with Crippen molar-refractivity contribution in [3.63, 3.8) is 0 Å². The highest BCUT2D eigenvalue weighted by Gasteiger charge is 2.12. The van der Waals surface area contributed by atoms with Crippen LogP contribution in [0.25, 0.3) is 0 Å². The maximum Gasteiger partial charge on any atom is 0.240 e. The van der Waals surface area contributed by atoms with E-state index in [4.69, 9.17) is 5.73 Å². The van der Waals surface area contributed by atoms with E-state index in [2.05, 4.69) is 23.9 Å². The fourth-order valence-corrected chi connectivity index (χ4v) is 2.49. The lowest BCUT2D eigenvalue weighted by Gasteiger charge is -2.09. The molecule has 0 aliphatic rings. The Morgan fingerprint density at radius 3 is 2.33 bits per heavy atom. The quantitative estimate of drug-likeness (QED) is 0.509. The standard InChI is InChI=1S/C12H21N3O2S/c1-10(2)14-8-3-9-15-18(16,17)12-6-4-11(13)5-7-12/h4-7,10,14-15H,3,8-9,13H2,1-2H3. The summed E-state index contributed by atoms with van der Waals surface area (Å²) in [6.45, 7) is 5.32. The minimum absolute atomic E-state index is 0.244. The molecule has 0 radical (unpaired) electrons. The van der Waals surface area contributed by atoms with Crippen LogP contribution >= 0.6 is 0 Å². The van der Waals surface area contributed by atoms with Gasteiger partial charge in [0.05, 0.1) is 4.90 Å². The Hall–Kier alpha value is -1.11. The van der Waals surface area contributed by atoms with Crippen LogP contribution < -0.4 is 15.8 Å². The number of hydrogen-bond acceptors (Lipinski definition) is 4. The lowest BCUT2D eigenvalue weighted by atomic mass is 10.3. The largest absolute Gasteiger partial charge is 0.399 e. The smallest absolute Gasteiger partial charge is 0.240 e. The third-order valence-electron chi connectivity index (χ3n) is 2.39. The van der Waals surface area contributed by atoms with Gasteiger partial charge in [0, 0.05) is 18.3 Å². The highest BCUT2D eigenvalue weighted by atomic mass is 32.2. The number of anilines is 1. The predicted octanol–water partition coefficient (Wildman–Crippen LogP) is 0.935. The minimum atomic E-state index is -3.41. The van der Waals surface area contributed by atoms with Gasteiger partial charge in [-0.3, -0.25) is 0 Å². The molecule has 1 aromatic carbocycles. The van der Waals surface area contributed by atoms with Crippen molar-refractivity contribution < 1.29 is 8.42 Å². The Kier molecular flexibility index (Phi) is 5.58. The molecule has 0 saturated carbocycles. The summed E-state index contributed by atoms with van der Waals surface area (Å²) in [6, 6.07) is 6.58. The van der Waals surface area contributed by atoms with E-state index in [0.717, 1.165) is 13.0 Å². The molecule has 4 N–H and O–H groups in total. The molecule has 102 valence electrons. The first-order chi connectivity index (χ1) is 8.42. The van der Waals surface area contributed by atoms with Crippen molar-refractivity contribution >= 4 is 15.7 Å². The second kappa shape index (κ2) is 6.72. The predicted molar refractivity (Wildman–Crippen MR) is 73.8 cm³/mol. The van der Waals surface area contributed by atoms with Crippen molar-refractivity contribution in [2.75, 3.05) is 18.8 Å². The molecule has 0 saturated heterocycles. The molecule has 0 aliphatic heterocycles. The van der Waals surface area contributed by atoms with Crippen LogP contribution in [0.3, 0.4) is 0 Å². The molecule has 0 heterocycles. The van der Waals surface area contributed by atoms with Crippen LogP contribution in [0.5, 0.6) is 0 Å². The Balaban J connectivity index is 2.43. The number of nitrogens with two attached hydrogens (primary N) is 1. The molecule has 0 unspecified atom stereocenters. The summed E-state index contributed by atoms with van der Waals surface area (Å²) in [6.07, 6.45) is 0.756. The molecule has 0 amide bonds. The third kappa shape index (κ3) is 5.03. The van der Waals surface area contributed by atoms with Crippen molar-refractivity contribution in [3.05, 3.63) is 24.3 Å². The molecule has 0 spiro atoms. The first-order valence-corrected chi connectivity index (χ1v) is 7.49. The maximum atomic E-state index is 11.9. The summed E-state index contributed by atoms with van der Waals surface area (Å²) in [5, 5.41) is 3.23. The summed E-state index contributed by atoms with van der Waals surface area (Å²) in [5.74, 6) is 0. The molecule has 6 heteroatoms. The van der Waals surface area contributed by atoms with Crippen LogP contribution in [-0.2, 0) is 10.0 Å². The van der Waals surface area contributed by atoms with Crippen molar-refractivity contribution in [1.29, 1.82) is 0 Å². The summed E-state index contributed by atoms with van der Waals surface area (Å²) in [4.78, 5) is 0.244. The van der Waals surface area contributed by atoms with Gasteiger partial charge in [-0.2, -0.15) is 0 Å². The van der Waals surface area contributed by atoms with Crippen LogP contribution in [0.1, 0.15) is 20.3 Å². The summed E-state index contributed by atoms with van der Waals surface area (Å²) in [5.41, 5.74) is 6.07. The van der Waals surface area contributed by atoms with Crippen molar-refractivity contribution in [3.8, 4) is 0 Å². The SMILES string of the molecule is CC(C)NCCCNS(=O)(=O)c1ccc(N)cc1. The summed E-state index contributed by atoms with van der Waals surface area (Å²) in [7, 11) is -3.41. The van der Waals surface area contributed by atoms with Crippen LogP contribution in [-0.4, -0.2) is 27.5 Å². The molecule has 1 aromatic rings. The van der Waals surface area contributed by atoms with E-state index in [0.29, 0.717) is 18.3 Å². The van der Waals surface area contributed by atoms with Gasteiger partial charge in [-0.1, -0.05) is 13.8 Å². The monoisotopic (exact) mass is 271 g/mol. The zero-order chi connectivity index (χ0) is 13.6. The number of nitrogen functional groups attached to an aromatic ring is 1. The number of hydrogen-bond donors (Lipinski definition) is 3. The number of sulfonamides is 1. The van der Waals surface area contributed by atoms with E-state index >= 15 is 0 Å². The zero-order valence-electron chi connectivity index (χ0n) is 10.8. The number of nitrogens with one attached hydrogen (secondary N) is 2. The van der Waals surface area contributed by atoms with E-state index in [-0.39, 0.29) is 4.90 Å². The normalized spacial score (nSPS) is 11.9. The third-order valence-corrected chi connectivity index (χ3v) is 3.87. The molecule has 0 bridgehead atoms. The van der Waals surface area contributed by atoms with Crippen LogP contribution in [0, 0.1) is 0 Å². The number of benzene rings is 1. The van der Waals surface area contributed by atoms with Gasteiger partial charge >= 0.3 is 0 Å². The lowest BCUT2D eigenvalue weighted by molar-refractivity contribution is 0.554.